The van der Waals surface area contributed by atoms with Crippen molar-refractivity contribution in [3.8, 4) is 0 Å². The summed E-state index contributed by atoms with van der Waals surface area (Å²) in [5, 5.41) is 20.0. The highest BCUT2D eigenvalue weighted by atomic mass is 32.1. The van der Waals surface area contributed by atoms with E-state index >= 15 is 0 Å². The van der Waals surface area contributed by atoms with E-state index < -0.39 is 24.0 Å². The lowest BCUT2D eigenvalue weighted by Crippen LogP contribution is -2.63. The first-order valence-electron chi connectivity index (χ1n) is 10.6. The number of imidazole rings is 1. The molecule has 2 aliphatic rings. The number of amides is 1. The van der Waals surface area contributed by atoms with Crippen molar-refractivity contribution in [3.63, 3.8) is 0 Å². The fraction of sp³-hybridized carbons (Fsp3) is 0.348. The minimum atomic E-state index is -1.18. The molecule has 0 saturated carbocycles. The minimum absolute atomic E-state index is 0.0506. The molecule has 0 spiro atoms. The summed E-state index contributed by atoms with van der Waals surface area (Å²) in [5.41, 5.74) is 2.30. The zero-order valence-corrected chi connectivity index (χ0v) is 19.3. The number of β-lactam (4-membered cyclic amide) rings is 1. The lowest BCUT2D eigenvalue weighted by molar-refractivity contribution is -0.677. The van der Waals surface area contributed by atoms with Crippen LogP contribution in [0.4, 0.5) is 0 Å². The Bertz CT molecular complexity index is 1380. The number of carbonyl (C=O) groups excluding carboxylic acids is 2. The van der Waals surface area contributed by atoms with Crippen LogP contribution in [0.25, 0.3) is 10.4 Å². The van der Waals surface area contributed by atoms with E-state index in [0.717, 1.165) is 5.69 Å². The van der Waals surface area contributed by atoms with Crippen molar-refractivity contribution in [2.75, 3.05) is 0 Å². The Morgan fingerprint density at radius 2 is 2.03 bits per heavy atom. The molecular formula is C23H23N4O5S+. The molecular weight excluding hydrogens is 444 g/mol. The number of fused-ring (bicyclic) bond motifs is 2. The maximum absolute atomic E-state index is 13.2. The molecule has 33 heavy (non-hydrogen) atoms. The van der Waals surface area contributed by atoms with E-state index in [1.165, 1.54) is 22.6 Å². The second-order valence-corrected chi connectivity index (χ2v) is 9.75. The van der Waals surface area contributed by atoms with E-state index in [0.29, 0.717) is 26.5 Å². The molecule has 1 fully saturated rings. The van der Waals surface area contributed by atoms with Gasteiger partial charge in [-0.3, -0.25) is 14.0 Å². The van der Waals surface area contributed by atoms with Gasteiger partial charge >= 0.3 is 5.97 Å². The third kappa shape index (κ3) is 2.97. The molecule has 0 aliphatic carbocycles. The standard InChI is InChI=1S/C23H22N4O5S/c1-10-5-6-13(7-25(10)4)20(29)17-22-26(9-24-17)8-14(33-22)15-11(2)18-16(12(3)28)21(30)27(18)19(15)23(31)32/h5-9,11-12,16,18,28H,1-4H3/p+1/t11-,12+,16+,18+/m0/s1. The number of nitrogens with zero attached hydrogens (tertiary/aromatic N) is 4. The van der Waals surface area contributed by atoms with Crippen molar-refractivity contribution in [1.29, 1.82) is 0 Å². The summed E-state index contributed by atoms with van der Waals surface area (Å²) in [4.78, 5) is 44.8. The number of rotatable bonds is 5. The van der Waals surface area contributed by atoms with Crippen molar-refractivity contribution < 1.29 is 29.2 Å². The van der Waals surface area contributed by atoms with Crippen LogP contribution in [0, 0.1) is 18.8 Å². The highest BCUT2D eigenvalue weighted by Crippen LogP contribution is 2.51. The molecule has 2 N–H and O–H groups in total. The number of aliphatic hydroxyl groups excluding tert-OH is 1. The number of aryl methyl sites for hydroxylation is 2. The van der Waals surface area contributed by atoms with Crippen LogP contribution in [0.3, 0.4) is 0 Å². The summed E-state index contributed by atoms with van der Waals surface area (Å²) in [6, 6.07) is 3.23. The smallest absolute Gasteiger partial charge is 0.352 e. The molecule has 2 aliphatic heterocycles. The number of aliphatic carboxylic acids is 1. The number of aromatic nitrogens is 3. The second kappa shape index (κ2) is 7.32. The van der Waals surface area contributed by atoms with Gasteiger partial charge in [0, 0.05) is 30.7 Å². The van der Waals surface area contributed by atoms with Crippen molar-refractivity contribution in [2.45, 2.75) is 32.9 Å². The summed E-state index contributed by atoms with van der Waals surface area (Å²) in [6.07, 6.45) is 4.19. The first kappa shape index (κ1) is 21.5. The van der Waals surface area contributed by atoms with Crippen molar-refractivity contribution in [1.82, 2.24) is 14.3 Å². The number of carboxylic acid groups (broad SMARTS) is 1. The molecule has 0 aromatic carbocycles. The first-order chi connectivity index (χ1) is 15.6. The van der Waals surface area contributed by atoms with E-state index in [2.05, 4.69) is 4.98 Å². The number of carboxylic acids is 1. The number of hydrogen-bond donors (Lipinski definition) is 2. The van der Waals surface area contributed by atoms with Crippen LogP contribution in [0.2, 0.25) is 0 Å². The van der Waals surface area contributed by atoms with Gasteiger partial charge in [0.05, 0.1) is 28.5 Å². The molecule has 5 heterocycles. The Morgan fingerprint density at radius 3 is 2.67 bits per heavy atom. The molecule has 0 radical (unpaired) electrons. The predicted molar refractivity (Wildman–Crippen MR) is 118 cm³/mol. The third-order valence-electron chi connectivity index (χ3n) is 6.72. The monoisotopic (exact) mass is 467 g/mol. The Kier molecular flexibility index (Phi) is 4.77. The Balaban J connectivity index is 1.58. The Morgan fingerprint density at radius 1 is 1.30 bits per heavy atom. The highest BCUT2D eigenvalue weighted by Gasteiger charge is 2.60. The summed E-state index contributed by atoms with van der Waals surface area (Å²) in [7, 11) is 1.87. The van der Waals surface area contributed by atoms with Gasteiger partial charge < -0.3 is 15.1 Å². The normalized spacial score (nSPS) is 23.1. The molecule has 3 aromatic rings. The van der Waals surface area contributed by atoms with Gasteiger partial charge in [-0.1, -0.05) is 6.92 Å². The molecule has 170 valence electrons. The molecule has 1 saturated heterocycles. The number of carbonyl (C=O) groups is 3. The van der Waals surface area contributed by atoms with Crippen LogP contribution in [0.15, 0.2) is 36.6 Å². The lowest BCUT2D eigenvalue weighted by atomic mass is 9.77. The Hall–Kier alpha value is -3.37. The van der Waals surface area contributed by atoms with Crippen LogP contribution in [-0.2, 0) is 16.6 Å². The van der Waals surface area contributed by atoms with Crippen LogP contribution < -0.4 is 4.57 Å². The average molecular weight is 468 g/mol. The third-order valence-corrected chi connectivity index (χ3v) is 7.86. The fourth-order valence-electron chi connectivity index (χ4n) is 4.93. The summed E-state index contributed by atoms with van der Waals surface area (Å²) < 4.78 is 3.58. The SMILES string of the molecule is Cc1ccc(C(=O)c2ncn3cc(C4=C(C(=O)O)N5C(=O)[C@H]([C@@H](C)O)[C@H]5[C@H]4C)sc23)c[n+]1C. The zero-order chi connectivity index (χ0) is 23.8. The fourth-order valence-corrected chi connectivity index (χ4v) is 6.14. The van der Waals surface area contributed by atoms with Gasteiger partial charge in [-0.15, -0.1) is 11.3 Å². The van der Waals surface area contributed by atoms with Crippen LogP contribution in [0.5, 0.6) is 0 Å². The number of ketones is 1. The molecule has 9 nitrogen and oxygen atoms in total. The van der Waals surface area contributed by atoms with Gasteiger partial charge in [0.2, 0.25) is 11.7 Å². The van der Waals surface area contributed by atoms with Crippen molar-refractivity contribution in [3.05, 3.63) is 58.4 Å². The molecule has 1 amide bonds. The quantitative estimate of drug-likeness (QED) is 0.333. The topological polar surface area (TPSA) is 116 Å². The van der Waals surface area contributed by atoms with Gasteiger partial charge in [-0.2, -0.15) is 0 Å². The van der Waals surface area contributed by atoms with E-state index in [1.807, 2.05) is 31.5 Å². The summed E-state index contributed by atoms with van der Waals surface area (Å²) in [5.74, 6) is -2.68. The van der Waals surface area contributed by atoms with Gasteiger partial charge in [0.25, 0.3) is 0 Å². The maximum atomic E-state index is 13.2. The molecule has 0 unspecified atom stereocenters. The summed E-state index contributed by atoms with van der Waals surface area (Å²) in [6.45, 7) is 5.37. The van der Waals surface area contributed by atoms with Crippen LogP contribution in [0.1, 0.15) is 40.5 Å². The van der Waals surface area contributed by atoms with Crippen LogP contribution >= 0.6 is 11.3 Å². The second-order valence-electron chi connectivity index (χ2n) is 8.72. The van der Waals surface area contributed by atoms with E-state index in [4.69, 9.17) is 0 Å². The molecule has 5 rings (SSSR count). The molecule has 3 aromatic heterocycles. The van der Waals surface area contributed by atoms with E-state index in [1.54, 1.807) is 29.8 Å². The van der Waals surface area contributed by atoms with Gasteiger partial charge in [0.1, 0.15) is 29.6 Å². The summed E-state index contributed by atoms with van der Waals surface area (Å²) >= 11 is 1.28. The predicted octanol–water partition coefficient (Wildman–Crippen LogP) is 1.41. The van der Waals surface area contributed by atoms with Crippen molar-refractivity contribution in [2.24, 2.45) is 18.9 Å². The number of hydrogen-bond acceptors (Lipinski definition) is 6. The number of thiazole rings is 1. The van der Waals surface area contributed by atoms with Crippen LogP contribution in [-0.4, -0.2) is 54.3 Å². The molecule has 0 bridgehead atoms. The Labute approximate surface area is 193 Å². The van der Waals surface area contributed by atoms with Gasteiger partial charge in [-0.05, 0) is 13.0 Å². The molecule has 4 atom stereocenters. The first-order valence-corrected chi connectivity index (χ1v) is 11.4. The van der Waals surface area contributed by atoms with Gasteiger partial charge in [-0.25, -0.2) is 14.3 Å². The number of pyridine rings is 1. The number of aliphatic hydroxyl groups is 1. The minimum Gasteiger partial charge on any atom is -0.477 e. The van der Waals surface area contributed by atoms with E-state index in [-0.39, 0.29) is 23.3 Å². The molecule has 10 heteroatoms. The van der Waals surface area contributed by atoms with Crippen molar-refractivity contribution >= 4 is 39.4 Å². The highest BCUT2D eigenvalue weighted by molar-refractivity contribution is 7.18. The van der Waals surface area contributed by atoms with E-state index in [9.17, 15) is 24.6 Å². The average Bonchev–Trinajstić information content (AvgIpc) is 3.39. The zero-order valence-electron chi connectivity index (χ0n) is 18.5. The lowest BCUT2D eigenvalue weighted by Gasteiger charge is -2.46. The largest absolute Gasteiger partial charge is 0.477 e. The van der Waals surface area contributed by atoms with Gasteiger partial charge in [0.15, 0.2) is 11.9 Å². The maximum Gasteiger partial charge on any atom is 0.352 e.